The van der Waals surface area contributed by atoms with Crippen LogP contribution in [0, 0.1) is 0 Å². The molecule has 0 saturated carbocycles. The molecule has 1 saturated heterocycles. The molecule has 0 aliphatic carbocycles. The van der Waals surface area contributed by atoms with Gasteiger partial charge in [-0.2, -0.15) is 0 Å². The van der Waals surface area contributed by atoms with Gasteiger partial charge in [0, 0.05) is 13.0 Å². The number of carbonyl (C=O) groups is 2. The lowest BCUT2D eigenvalue weighted by Gasteiger charge is -2.28. The van der Waals surface area contributed by atoms with E-state index in [4.69, 9.17) is 0 Å². The maximum atomic E-state index is 10.4. The van der Waals surface area contributed by atoms with E-state index in [0.29, 0.717) is 6.42 Å². The molecule has 1 amide bonds. The molecule has 8 heavy (non-hydrogen) atoms. The van der Waals surface area contributed by atoms with E-state index < -0.39 is 0 Å². The minimum atomic E-state index is 0.0945. The fourth-order valence-corrected chi connectivity index (χ4v) is 0.644. The highest BCUT2D eigenvalue weighted by Gasteiger charge is 2.21. The summed E-state index contributed by atoms with van der Waals surface area (Å²) in [5.74, 6) is 0.0945. The summed E-state index contributed by atoms with van der Waals surface area (Å²) in [7, 11) is 0. The Labute approximate surface area is 47.3 Å². The molecule has 1 fully saturated rings. The first-order chi connectivity index (χ1) is 3.84. The summed E-state index contributed by atoms with van der Waals surface area (Å²) < 4.78 is 0. The Hall–Kier alpha value is -0.860. The second-order valence-corrected chi connectivity index (χ2v) is 1.76. The summed E-state index contributed by atoms with van der Waals surface area (Å²) in [5.41, 5.74) is 0. The van der Waals surface area contributed by atoms with Gasteiger partial charge in [0.15, 0.2) is 0 Å². The fourth-order valence-electron chi connectivity index (χ4n) is 0.644. The number of hydrogen-bond donors (Lipinski definition) is 0. The monoisotopic (exact) mass is 113 g/mol. The normalized spacial score (nSPS) is 18.0. The number of aldehydes is 1. The van der Waals surface area contributed by atoms with Crippen LogP contribution in [-0.4, -0.2) is 30.2 Å². The van der Waals surface area contributed by atoms with Gasteiger partial charge >= 0.3 is 0 Å². The molecule has 0 bridgehead atoms. The highest BCUT2D eigenvalue weighted by molar-refractivity contribution is 5.83. The molecule has 0 radical (unpaired) electrons. The van der Waals surface area contributed by atoms with E-state index >= 15 is 0 Å². The average molecular weight is 113 g/mol. The molecule has 44 valence electrons. The second-order valence-electron chi connectivity index (χ2n) is 1.76. The lowest BCUT2D eigenvalue weighted by atomic mass is 10.2. The number of hydrogen-bond acceptors (Lipinski definition) is 2. The van der Waals surface area contributed by atoms with Crippen LogP contribution in [0.4, 0.5) is 0 Å². The Bertz CT molecular complexity index is 122. The van der Waals surface area contributed by atoms with Crippen LogP contribution >= 0.6 is 0 Å². The molecular weight excluding hydrogens is 106 g/mol. The van der Waals surface area contributed by atoms with Gasteiger partial charge in [-0.25, -0.2) is 0 Å². The van der Waals surface area contributed by atoms with Crippen molar-refractivity contribution in [3.05, 3.63) is 0 Å². The quantitative estimate of drug-likeness (QED) is 0.355. The number of rotatable bonds is 2. The van der Waals surface area contributed by atoms with Crippen molar-refractivity contribution in [1.29, 1.82) is 0 Å². The zero-order valence-electron chi connectivity index (χ0n) is 4.46. The van der Waals surface area contributed by atoms with Gasteiger partial charge in [0.1, 0.15) is 6.29 Å². The summed E-state index contributed by atoms with van der Waals surface area (Å²) in [5, 5.41) is 0. The summed E-state index contributed by atoms with van der Waals surface area (Å²) in [6.07, 6.45) is 1.37. The first kappa shape index (κ1) is 5.28. The van der Waals surface area contributed by atoms with Crippen LogP contribution < -0.4 is 0 Å². The molecule has 1 heterocycles. The van der Waals surface area contributed by atoms with E-state index in [-0.39, 0.29) is 12.5 Å². The topological polar surface area (TPSA) is 37.4 Å². The lowest BCUT2D eigenvalue weighted by molar-refractivity contribution is -0.141. The Balaban J connectivity index is 2.26. The van der Waals surface area contributed by atoms with Crippen molar-refractivity contribution in [3.8, 4) is 0 Å². The SMILES string of the molecule is O=CCN1CCC1=O. The van der Waals surface area contributed by atoms with Crippen LogP contribution in [0.15, 0.2) is 0 Å². The molecule has 3 nitrogen and oxygen atoms in total. The molecule has 1 rings (SSSR count). The van der Waals surface area contributed by atoms with E-state index in [2.05, 4.69) is 0 Å². The largest absolute Gasteiger partial charge is 0.335 e. The predicted molar refractivity (Wildman–Crippen MR) is 27.3 cm³/mol. The van der Waals surface area contributed by atoms with Gasteiger partial charge in [0.2, 0.25) is 5.91 Å². The van der Waals surface area contributed by atoms with Gasteiger partial charge in [0.25, 0.3) is 0 Å². The Morgan fingerprint density at radius 2 is 2.50 bits per heavy atom. The summed E-state index contributed by atoms with van der Waals surface area (Å²) in [4.78, 5) is 21.7. The minimum absolute atomic E-state index is 0.0945. The van der Waals surface area contributed by atoms with E-state index in [1.165, 1.54) is 4.90 Å². The zero-order chi connectivity index (χ0) is 5.98. The zero-order valence-corrected chi connectivity index (χ0v) is 4.46. The fraction of sp³-hybridized carbons (Fsp3) is 0.600. The minimum Gasteiger partial charge on any atom is -0.335 e. The smallest absolute Gasteiger partial charge is 0.224 e. The molecule has 0 unspecified atom stereocenters. The van der Waals surface area contributed by atoms with Crippen LogP contribution in [0.3, 0.4) is 0 Å². The van der Waals surface area contributed by atoms with Gasteiger partial charge < -0.3 is 9.69 Å². The summed E-state index contributed by atoms with van der Waals surface area (Å²) >= 11 is 0. The number of likely N-dealkylation sites (tertiary alicyclic amines) is 1. The maximum absolute atomic E-state index is 10.4. The Kier molecular flexibility index (Phi) is 1.28. The van der Waals surface area contributed by atoms with Crippen LogP contribution in [-0.2, 0) is 9.59 Å². The maximum Gasteiger partial charge on any atom is 0.224 e. The summed E-state index contributed by atoms with van der Waals surface area (Å²) in [6, 6.07) is 0. The van der Waals surface area contributed by atoms with Crippen LogP contribution in [0.2, 0.25) is 0 Å². The third-order valence-corrected chi connectivity index (χ3v) is 1.24. The van der Waals surface area contributed by atoms with Gasteiger partial charge in [-0.3, -0.25) is 4.79 Å². The average Bonchev–Trinajstić information content (AvgIpc) is 1.79. The first-order valence-electron chi connectivity index (χ1n) is 2.56. The molecule has 1 aliphatic rings. The number of carbonyl (C=O) groups excluding carboxylic acids is 2. The van der Waals surface area contributed by atoms with Crippen molar-refractivity contribution in [3.63, 3.8) is 0 Å². The van der Waals surface area contributed by atoms with E-state index in [1.54, 1.807) is 0 Å². The molecule has 0 aromatic rings. The highest BCUT2D eigenvalue weighted by Crippen LogP contribution is 2.05. The van der Waals surface area contributed by atoms with E-state index in [1.807, 2.05) is 0 Å². The van der Waals surface area contributed by atoms with Gasteiger partial charge in [0.05, 0.1) is 6.54 Å². The predicted octanol–water partition coefficient (Wildman–Crippen LogP) is -0.582. The third kappa shape index (κ3) is 0.710. The van der Waals surface area contributed by atoms with Crippen molar-refractivity contribution in [2.45, 2.75) is 6.42 Å². The molecule has 1 aliphatic heterocycles. The van der Waals surface area contributed by atoms with Crippen LogP contribution in [0.1, 0.15) is 6.42 Å². The molecular formula is C5H7NO2. The van der Waals surface area contributed by atoms with Crippen molar-refractivity contribution in [2.75, 3.05) is 13.1 Å². The van der Waals surface area contributed by atoms with Gasteiger partial charge in [-0.05, 0) is 0 Å². The van der Waals surface area contributed by atoms with E-state index in [9.17, 15) is 9.59 Å². The Morgan fingerprint density at radius 3 is 2.62 bits per heavy atom. The van der Waals surface area contributed by atoms with Crippen molar-refractivity contribution < 1.29 is 9.59 Å². The molecule has 0 atom stereocenters. The van der Waals surface area contributed by atoms with Crippen LogP contribution in [0.5, 0.6) is 0 Å². The summed E-state index contributed by atoms with van der Waals surface area (Å²) in [6.45, 7) is 1.04. The molecule has 0 N–H and O–H groups in total. The van der Waals surface area contributed by atoms with Gasteiger partial charge in [-0.1, -0.05) is 0 Å². The molecule has 0 aromatic carbocycles. The number of β-lactam (4-membered cyclic amide) rings is 1. The lowest BCUT2D eigenvalue weighted by Crippen LogP contribution is -2.44. The van der Waals surface area contributed by atoms with Gasteiger partial charge in [-0.15, -0.1) is 0 Å². The van der Waals surface area contributed by atoms with Crippen molar-refractivity contribution in [2.24, 2.45) is 0 Å². The second kappa shape index (κ2) is 1.94. The Morgan fingerprint density at radius 1 is 1.75 bits per heavy atom. The standard InChI is InChI=1S/C5H7NO2/c7-4-3-6-2-1-5(6)8/h4H,1-3H2. The van der Waals surface area contributed by atoms with Crippen molar-refractivity contribution >= 4 is 12.2 Å². The molecule has 3 heteroatoms. The number of amides is 1. The first-order valence-corrected chi connectivity index (χ1v) is 2.56. The van der Waals surface area contributed by atoms with E-state index in [0.717, 1.165) is 12.8 Å². The van der Waals surface area contributed by atoms with Crippen LogP contribution in [0.25, 0.3) is 0 Å². The van der Waals surface area contributed by atoms with Crippen molar-refractivity contribution in [1.82, 2.24) is 4.90 Å². The highest BCUT2D eigenvalue weighted by atomic mass is 16.2. The number of nitrogens with zero attached hydrogens (tertiary/aromatic N) is 1. The third-order valence-electron chi connectivity index (χ3n) is 1.24. The molecule has 0 spiro atoms. The molecule has 0 aromatic heterocycles.